The van der Waals surface area contributed by atoms with Crippen LogP contribution in [0.25, 0.3) is 11.3 Å². The molecule has 2 aromatic rings. The summed E-state index contributed by atoms with van der Waals surface area (Å²) in [7, 11) is 0. The minimum Gasteiger partial charge on any atom is -0.310 e. The highest BCUT2D eigenvalue weighted by Gasteiger charge is 2.05. The molecule has 1 heterocycles. The Morgan fingerprint density at radius 2 is 2.00 bits per heavy atom. The molecule has 0 fully saturated rings. The number of hydrogen-bond acceptors (Lipinski definition) is 3. The Hall–Kier alpha value is -1.74. The van der Waals surface area contributed by atoms with Crippen LogP contribution in [-0.4, -0.2) is 16.0 Å². The summed E-state index contributed by atoms with van der Waals surface area (Å²) in [4.78, 5) is 8.25. The maximum atomic E-state index is 4.30. The van der Waals surface area contributed by atoms with E-state index >= 15 is 0 Å². The lowest BCUT2D eigenvalue weighted by Gasteiger charge is -2.12. The van der Waals surface area contributed by atoms with Gasteiger partial charge in [-0.1, -0.05) is 38.1 Å². The van der Waals surface area contributed by atoms with Gasteiger partial charge in [-0.3, -0.25) is 0 Å². The fourth-order valence-electron chi connectivity index (χ4n) is 1.69. The van der Waals surface area contributed by atoms with Gasteiger partial charge in [0.05, 0.1) is 5.69 Å². The first kappa shape index (κ1) is 11.7. The van der Waals surface area contributed by atoms with Gasteiger partial charge in [-0.25, -0.2) is 9.97 Å². The molecule has 0 saturated carbocycles. The van der Waals surface area contributed by atoms with E-state index in [9.17, 15) is 0 Å². The molecule has 0 spiro atoms. The summed E-state index contributed by atoms with van der Waals surface area (Å²) in [5.74, 6) is 0. The lowest BCUT2D eigenvalue weighted by Crippen LogP contribution is -2.22. The summed E-state index contributed by atoms with van der Waals surface area (Å²) >= 11 is 0. The number of benzene rings is 1. The Bertz CT molecular complexity index is 466. The van der Waals surface area contributed by atoms with Gasteiger partial charge < -0.3 is 5.32 Å². The molecule has 0 unspecified atom stereocenters. The summed E-state index contributed by atoms with van der Waals surface area (Å²) in [6.45, 7) is 5.15. The van der Waals surface area contributed by atoms with Gasteiger partial charge in [0.25, 0.3) is 0 Å². The van der Waals surface area contributed by atoms with Crippen molar-refractivity contribution in [2.45, 2.75) is 26.4 Å². The van der Waals surface area contributed by atoms with E-state index in [1.807, 2.05) is 12.1 Å². The highest BCUT2D eigenvalue weighted by atomic mass is 14.9. The van der Waals surface area contributed by atoms with Crippen molar-refractivity contribution in [2.75, 3.05) is 0 Å². The van der Waals surface area contributed by atoms with E-state index in [1.54, 1.807) is 12.5 Å². The predicted molar refractivity (Wildman–Crippen MR) is 69.4 cm³/mol. The zero-order valence-corrected chi connectivity index (χ0v) is 10.2. The van der Waals surface area contributed by atoms with Crippen LogP contribution in [0.5, 0.6) is 0 Å². The zero-order chi connectivity index (χ0) is 12.1. The molecule has 0 amide bonds. The predicted octanol–water partition coefficient (Wildman–Crippen LogP) is 2.64. The second-order valence-electron chi connectivity index (χ2n) is 4.29. The first-order valence-electron chi connectivity index (χ1n) is 5.85. The molecule has 3 heteroatoms. The average Bonchev–Trinajstić information content (AvgIpc) is 2.38. The van der Waals surface area contributed by atoms with E-state index < -0.39 is 0 Å². The summed E-state index contributed by atoms with van der Waals surface area (Å²) in [6, 6.07) is 10.7. The van der Waals surface area contributed by atoms with Gasteiger partial charge in [0, 0.05) is 24.3 Å². The van der Waals surface area contributed by atoms with Gasteiger partial charge in [0.1, 0.15) is 6.33 Å². The lowest BCUT2D eigenvalue weighted by molar-refractivity contribution is 0.589. The van der Waals surface area contributed by atoms with Crippen molar-refractivity contribution in [2.24, 2.45) is 0 Å². The Morgan fingerprint density at radius 3 is 2.71 bits per heavy atom. The Labute approximate surface area is 102 Å². The molecular weight excluding hydrogens is 210 g/mol. The Kier molecular flexibility index (Phi) is 3.83. The Morgan fingerprint density at radius 1 is 1.18 bits per heavy atom. The van der Waals surface area contributed by atoms with Crippen molar-refractivity contribution in [3.8, 4) is 11.3 Å². The molecule has 1 aromatic heterocycles. The minimum atomic E-state index is 0.480. The third-order valence-corrected chi connectivity index (χ3v) is 2.58. The number of nitrogens with one attached hydrogen (secondary N) is 1. The maximum Gasteiger partial charge on any atom is 0.116 e. The van der Waals surface area contributed by atoms with E-state index in [-0.39, 0.29) is 0 Å². The van der Waals surface area contributed by atoms with Gasteiger partial charge >= 0.3 is 0 Å². The molecular formula is C14H17N3. The van der Waals surface area contributed by atoms with Crippen molar-refractivity contribution < 1.29 is 0 Å². The van der Waals surface area contributed by atoms with Crippen LogP contribution < -0.4 is 5.32 Å². The number of aromatic nitrogens is 2. The van der Waals surface area contributed by atoms with Crippen LogP contribution in [0.2, 0.25) is 0 Å². The van der Waals surface area contributed by atoms with Gasteiger partial charge in [-0.15, -0.1) is 0 Å². The molecule has 0 aliphatic carbocycles. The minimum absolute atomic E-state index is 0.480. The smallest absolute Gasteiger partial charge is 0.116 e. The van der Waals surface area contributed by atoms with Crippen LogP contribution in [0.15, 0.2) is 42.9 Å². The summed E-state index contributed by atoms with van der Waals surface area (Å²) in [6.07, 6.45) is 3.36. The molecule has 0 radical (unpaired) electrons. The summed E-state index contributed by atoms with van der Waals surface area (Å²) in [5, 5.41) is 3.43. The van der Waals surface area contributed by atoms with E-state index in [0.29, 0.717) is 6.04 Å². The van der Waals surface area contributed by atoms with Gasteiger partial charge in [0.15, 0.2) is 0 Å². The molecule has 17 heavy (non-hydrogen) atoms. The normalized spacial score (nSPS) is 10.8. The third kappa shape index (κ3) is 3.11. The standard InChI is InChI=1S/C14H17N3/c1-11(2)16-9-12-5-3-4-6-13(12)14-7-8-15-10-17-14/h3-8,10-11,16H,9H2,1-2H3. The van der Waals surface area contributed by atoms with Crippen LogP contribution in [0.3, 0.4) is 0 Å². The first-order valence-corrected chi connectivity index (χ1v) is 5.85. The average molecular weight is 227 g/mol. The number of rotatable bonds is 4. The molecule has 0 aliphatic rings. The first-order chi connectivity index (χ1) is 8.27. The molecule has 0 bridgehead atoms. The van der Waals surface area contributed by atoms with Crippen LogP contribution in [0.4, 0.5) is 0 Å². The molecule has 3 nitrogen and oxygen atoms in total. The maximum absolute atomic E-state index is 4.30. The fourth-order valence-corrected chi connectivity index (χ4v) is 1.69. The van der Waals surface area contributed by atoms with E-state index in [2.05, 4.69) is 47.3 Å². The summed E-state index contributed by atoms with van der Waals surface area (Å²) < 4.78 is 0. The molecule has 0 aliphatic heterocycles. The monoisotopic (exact) mass is 227 g/mol. The topological polar surface area (TPSA) is 37.8 Å². The van der Waals surface area contributed by atoms with E-state index in [0.717, 1.165) is 12.2 Å². The van der Waals surface area contributed by atoms with Crippen molar-refractivity contribution in [1.82, 2.24) is 15.3 Å². The second kappa shape index (κ2) is 5.55. The van der Waals surface area contributed by atoms with Crippen molar-refractivity contribution in [3.63, 3.8) is 0 Å². The zero-order valence-electron chi connectivity index (χ0n) is 10.2. The van der Waals surface area contributed by atoms with Crippen LogP contribution >= 0.6 is 0 Å². The largest absolute Gasteiger partial charge is 0.310 e. The molecule has 1 N–H and O–H groups in total. The van der Waals surface area contributed by atoms with Gasteiger partial charge in [-0.2, -0.15) is 0 Å². The molecule has 1 aromatic carbocycles. The van der Waals surface area contributed by atoms with E-state index in [1.165, 1.54) is 11.1 Å². The highest BCUT2D eigenvalue weighted by Crippen LogP contribution is 2.20. The Balaban J connectivity index is 2.28. The van der Waals surface area contributed by atoms with Crippen molar-refractivity contribution in [1.29, 1.82) is 0 Å². The van der Waals surface area contributed by atoms with Crippen LogP contribution in [-0.2, 0) is 6.54 Å². The third-order valence-electron chi connectivity index (χ3n) is 2.58. The summed E-state index contributed by atoms with van der Waals surface area (Å²) in [5.41, 5.74) is 3.41. The fraction of sp³-hybridized carbons (Fsp3) is 0.286. The quantitative estimate of drug-likeness (QED) is 0.872. The van der Waals surface area contributed by atoms with Crippen molar-refractivity contribution in [3.05, 3.63) is 48.4 Å². The van der Waals surface area contributed by atoms with Gasteiger partial charge in [0.2, 0.25) is 0 Å². The molecule has 0 saturated heterocycles. The second-order valence-corrected chi connectivity index (χ2v) is 4.29. The van der Waals surface area contributed by atoms with E-state index in [4.69, 9.17) is 0 Å². The SMILES string of the molecule is CC(C)NCc1ccccc1-c1ccncn1. The number of nitrogens with zero attached hydrogens (tertiary/aromatic N) is 2. The molecule has 2 rings (SSSR count). The van der Waals surface area contributed by atoms with Gasteiger partial charge in [-0.05, 0) is 11.6 Å². The molecule has 0 atom stereocenters. The van der Waals surface area contributed by atoms with Crippen LogP contribution in [0.1, 0.15) is 19.4 Å². The lowest BCUT2D eigenvalue weighted by atomic mass is 10.0. The number of hydrogen-bond donors (Lipinski definition) is 1. The van der Waals surface area contributed by atoms with Crippen LogP contribution in [0, 0.1) is 0 Å². The molecule has 88 valence electrons. The highest BCUT2D eigenvalue weighted by molar-refractivity contribution is 5.62. The van der Waals surface area contributed by atoms with Crippen molar-refractivity contribution >= 4 is 0 Å².